The summed E-state index contributed by atoms with van der Waals surface area (Å²) in [6.07, 6.45) is 5.89. The molecule has 3 nitrogen and oxygen atoms in total. The fourth-order valence-corrected chi connectivity index (χ4v) is 3.19. The van der Waals surface area contributed by atoms with E-state index in [1.165, 1.54) is 6.42 Å². The number of ether oxygens (including phenoxy) is 1. The summed E-state index contributed by atoms with van der Waals surface area (Å²) < 4.78 is 12.3. The lowest BCUT2D eigenvalue weighted by Crippen LogP contribution is -2.44. The zero-order chi connectivity index (χ0) is 14.5. The molecule has 1 N–H and O–H groups in total. The first-order valence-corrected chi connectivity index (χ1v) is 10.6. The van der Waals surface area contributed by atoms with Crippen molar-refractivity contribution in [2.75, 3.05) is 13.2 Å². The van der Waals surface area contributed by atoms with Crippen LogP contribution in [0.4, 0.5) is 0 Å². The van der Waals surface area contributed by atoms with Crippen molar-refractivity contribution in [1.82, 2.24) is 0 Å². The van der Waals surface area contributed by atoms with Crippen LogP contribution in [0.25, 0.3) is 0 Å². The second-order valence-corrected chi connectivity index (χ2v) is 12.1. The lowest BCUT2D eigenvalue weighted by molar-refractivity contribution is -0.0736. The van der Waals surface area contributed by atoms with Gasteiger partial charge in [0.25, 0.3) is 0 Å². The average Bonchev–Trinajstić information content (AvgIpc) is 2.33. The molecule has 0 amide bonds. The van der Waals surface area contributed by atoms with E-state index in [9.17, 15) is 0 Å². The molecule has 0 aromatic carbocycles. The van der Waals surface area contributed by atoms with E-state index in [-0.39, 0.29) is 17.7 Å². The summed E-state index contributed by atoms with van der Waals surface area (Å²) >= 11 is 0. The highest BCUT2D eigenvalue weighted by Crippen LogP contribution is 2.37. The highest BCUT2D eigenvalue weighted by Gasteiger charge is 2.38. The molecule has 0 spiro atoms. The minimum atomic E-state index is -1.66. The van der Waals surface area contributed by atoms with E-state index in [0.717, 1.165) is 32.3 Å². The van der Waals surface area contributed by atoms with Crippen LogP contribution in [-0.4, -0.2) is 38.8 Å². The Bertz CT molecular complexity index is 261. The van der Waals surface area contributed by atoms with Crippen molar-refractivity contribution in [3.63, 3.8) is 0 Å². The summed E-state index contributed by atoms with van der Waals surface area (Å²) in [7, 11) is -1.66. The fraction of sp³-hybridized carbons (Fsp3) is 1.00. The van der Waals surface area contributed by atoms with E-state index in [4.69, 9.17) is 14.3 Å². The summed E-state index contributed by atoms with van der Waals surface area (Å²) in [6, 6.07) is 0. The molecule has 0 aliphatic carbocycles. The standard InChI is InChI=1S/C15H32O3Si/c1-15(2,3)19(4,5)17-12-14-9-6-8-13(18-14)10-7-11-16/h13-14,16H,6-12H2,1-5H3. The van der Waals surface area contributed by atoms with Gasteiger partial charge in [-0.3, -0.25) is 0 Å². The van der Waals surface area contributed by atoms with Crippen molar-refractivity contribution in [3.05, 3.63) is 0 Å². The molecule has 0 aromatic heterocycles. The van der Waals surface area contributed by atoms with Crippen LogP contribution >= 0.6 is 0 Å². The van der Waals surface area contributed by atoms with Gasteiger partial charge in [0.05, 0.1) is 18.8 Å². The molecular weight excluding hydrogens is 256 g/mol. The molecule has 1 aliphatic rings. The van der Waals surface area contributed by atoms with E-state index in [1.54, 1.807) is 0 Å². The molecule has 0 radical (unpaired) electrons. The summed E-state index contributed by atoms with van der Waals surface area (Å²) in [5.74, 6) is 0. The molecule has 2 unspecified atom stereocenters. The van der Waals surface area contributed by atoms with Crippen LogP contribution in [0, 0.1) is 0 Å². The maximum Gasteiger partial charge on any atom is 0.192 e. The van der Waals surface area contributed by atoms with Gasteiger partial charge in [-0.25, -0.2) is 0 Å². The van der Waals surface area contributed by atoms with Crippen LogP contribution in [0.5, 0.6) is 0 Å². The van der Waals surface area contributed by atoms with Crippen molar-refractivity contribution >= 4 is 8.32 Å². The third-order valence-corrected chi connectivity index (χ3v) is 9.06. The predicted octanol–water partition coefficient (Wildman–Crippen LogP) is 3.72. The van der Waals surface area contributed by atoms with Crippen LogP contribution in [0.15, 0.2) is 0 Å². The number of rotatable bonds is 6. The topological polar surface area (TPSA) is 38.7 Å². The highest BCUT2D eigenvalue weighted by molar-refractivity contribution is 6.74. The smallest absolute Gasteiger partial charge is 0.192 e. The Morgan fingerprint density at radius 1 is 1.21 bits per heavy atom. The SMILES string of the molecule is CC(C)(C)[Si](C)(C)OCC1CCCC(CCCO)O1. The Labute approximate surface area is 119 Å². The number of hydrogen-bond donors (Lipinski definition) is 1. The average molecular weight is 289 g/mol. The van der Waals surface area contributed by atoms with E-state index >= 15 is 0 Å². The van der Waals surface area contributed by atoms with Crippen LogP contribution in [0.3, 0.4) is 0 Å². The molecule has 0 bridgehead atoms. The van der Waals surface area contributed by atoms with Gasteiger partial charge in [0.2, 0.25) is 0 Å². The number of hydrogen-bond acceptors (Lipinski definition) is 3. The van der Waals surface area contributed by atoms with Gasteiger partial charge in [0.15, 0.2) is 8.32 Å². The highest BCUT2D eigenvalue weighted by atomic mass is 28.4. The van der Waals surface area contributed by atoms with Gasteiger partial charge in [-0.1, -0.05) is 20.8 Å². The second-order valence-electron chi connectivity index (χ2n) is 7.25. The Hall–Kier alpha value is 0.0969. The predicted molar refractivity (Wildman–Crippen MR) is 82.0 cm³/mol. The van der Waals surface area contributed by atoms with Crippen molar-refractivity contribution in [2.45, 2.75) is 83.2 Å². The number of aliphatic hydroxyl groups excluding tert-OH is 1. The third kappa shape index (κ3) is 5.54. The lowest BCUT2D eigenvalue weighted by Gasteiger charge is -2.38. The Kier molecular flexibility index (Phi) is 6.50. The Balaban J connectivity index is 2.37. The Morgan fingerprint density at radius 3 is 2.42 bits per heavy atom. The van der Waals surface area contributed by atoms with E-state index in [0.29, 0.717) is 6.10 Å². The summed E-state index contributed by atoms with van der Waals surface area (Å²) in [4.78, 5) is 0. The van der Waals surface area contributed by atoms with Crippen molar-refractivity contribution in [1.29, 1.82) is 0 Å². The minimum absolute atomic E-state index is 0.256. The molecule has 4 heteroatoms. The molecule has 0 aromatic rings. The molecule has 1 aliphatic heterocycles. The molecule has 1 fully saturated rings. The van der Waals surface area contributed by atoms with Gasteiger partial charge in [-0.15, -0.1) is 0 Å². The van der Waals surface area contributed by atoms with Gasteiger partial charge in [-0.2, -0.15) is 0 Å². The quantitative estimate of drug-likeness (QED) is 0.757. The molecule has 114 valence electrons. The van der Waals surface area contributed by atoms with Gasteiger partial charge < -0.3 is 14.3 Å². The van der Waals surface area contributed by atoms with Crippen molar-refractivity contribution < 1.29 is 14.3 Å². The lowest BCUT2D eigenvalue weighted by atomic mass is 10.0. The van der Waals surface area contributed by atoms with Crippen molar-refractivity contribution in [2.24, 2.45) is 0 Å². The molecular formula is C15H32O3Si. The summed E-state index contributed by atoms with van der Waals surface area (Å²) in [5.41, 5.74) is 0. The van der Waals surface area contributed by atoms with E-state index in [2.05, 4.69) is 33.9 Å². The molecule has 1 rings (SSSR count). The monoisotopic (exact) mass is 288 g/mol. The van der Waals surface area contributed by atoms with Gasteiger partial charge >= 0.3 is 0 Å². The summed E-state index contributed by atoms with van der Waals surface area (Å²) in [6.45, 7) is 12.4. The third-order valence-electron chi connectivity index (χ3n) is 4.56. The maximum absolute atomic E-state index is 8.89. The van der Waals surface area contributed by atoms with Crippen LogP contribution in [0.1, 0.15) is 52.9 Å². The normalized spacial score (nSPS) is 25.6. The maximum atomic E-state index is 8.89. The van der Waals surface area contributed by atoms with Crippen LogP contribution in [0.2, 0.25) is 18.1 Å². The largest absolute Gasteiger partial charge is 0.414 e. The first-order chi connectivity index (χ1) is 8.76. The van der Waals surface area contributed by atoms with E-state index in [1.807, 2.05) is 0 Å². The van der Waals surface area contributed by atoms with Crippen LogP contribution in [-0.2, 0) is 9.16 Å². The first kappa shape index (κ1) is 17.1. The molecule has 2 atom stereocenters. The number of aliphatic hydroxyl groups is 1. The minimum Gasteiger partial charge on any atom is -0.414 e. The van der Waals surface area contributed by atoms with Crippen molar-refractivity contribution in [3.8, 4) is 0 Å². The molecule has 1 heterocycles. The zero-order valence-electron chi connectivity index (χ0n) is 13.4. The zero-order valence-corrected chi connectivity index (χ0v) is 14.4. The van der Waals surface area contributed by atoms with Crippen LogP contribution < -0.4 is 0 Å². The van der Waals surface area contributed by atoms with E-state index < -0.39 is 8.32 Å². The molecule has 19 heavy (non-hydrogen) atoms. The fourth-order valence-electron chi connectivity index (χ4n) is 2.15. The second kappa shape index (κ2) is 7.20. The first-order valence-electron chi connectivity index (χ1n) is 7.66. The molecule has 1 saturated heterocycles. The van der Waals surface area contributed by atoms with Gasteiger partial charge in [0, 0.05) is 6.61 Å². The Morgan fingerprint density at radius 2 is 1.84 bits per heavy atom. The summed E-state index contributed by atoms with van der Waals surface area (Å²) in [5, 5.41) is 9.15. The van der Waals surface area contributed by atoms with Gasteiger partial charge in [0.1, 0.15) is 0 Å². The molecule has 0 saturated carbocycles. The van der Waals surface area contributed by atoms with Gasteiger partial charge in [-0.05, 0) is 50.2 Å².